The minimum absolute atomic E-state index is 0. The summed E-state index contributed by atoms with van der Waals surface area (Å²) in [7, 11) is 0. The summed E-state index contributed by atoms with van der Waals surface area (Å²) in [4.78, 5) is 0. The summed E-state index contributed by atoms with van der Waals surface area (Å²) in [5, 5.41) is 0. The quantitative estimate of drug-likeness (QED) is 0.413. The molecule has 0 nitrogen and oxygen atoms in total. The maximum atomic E-state index is 3.44. The molecule has 0 aromatic heterocycles. The van der Waals surface area contributed by atoms with E-state index in [4.69, 9.17) is 0 Å². The molecule has 113 valence electrons. The van der Waals surface area contributed by atoms with Gasteiger partial charge in [-0.1, -0.05) is 66.2 Å². The standard InChI is InChI=1S/2C10H15.Nd/c2*1-7-6-10(4,5)9(3)8(7)2;/h2*1-5H3;/q2*-1;+3. The SMILES string of the molecule is CC1=[C-]C(C)(C)C(C)=C1C.CC1=[C-]C(C)(C)C(C)=C1C.[Nd+3]. The van der Waals surface area contributed by atoms with Crippen LogP contribution in [0.1, 0.15) is 69.2 Å². The smallest absolute Gasteiger partial charge is 0.263 e. The zero-order valence-electron chi connectivity index (χ0n) is 15.5. The number of hydrogen-bond donors (Lipinski definition) is 0. The van der Waals surface area contributed by atoms with E-state index in [2.05, 4.69) is 81.4 Å². The molecule has 0 aromatic carbocycles. The Bertz CT molecular complexity index is 484. The van der Waals surface area contributed by atoms with E-state index < -0.39 is 0 Å². The molecule has 0 bridgehead atoms. The van der Waals surface area contributed by atoms with Crippen LogP contribution in [-0.2, 0) is 0 Å². The molecule has 1 heteroatoms. The van der Waals surface area contributed by atoms with Gasteiger partial charge in [0.25, 0.3) is 0 Å². The third kappa shape index (κ3) is 4.64. The molecule has 0 N–H and O–H groups in total. The molecule has 0 heterocycles. The molecule has 2 aliphatic carbocycles. The van der Waals surface area contributed by atoms with E-state index in [0.29, 0.717) is 0 Å². The van der Waals surface area contributed by atoms with Crippen molar-refractivity contribution in [3.8, 4) is 0 Å². The van der Waals surface area contributed by atoms with Crippen LogP contribution in [0.25, 0.3) is 0 Å². The Labute approximate surface area is 165 Å². The van der Waals surface area contributed by atoms with Gasteiger partial charge >= 0.3 is 40.8 Å². The van der Waals surface area contributed by atoms with Gasteiger partial charge in [0.2, 0.25) is 0 Å². The first kappa shape index (κ1) is 21.3. The topological polar surface area (TPSA) is 0 Å². The van der Waals surface area contributed by atoms with Crippen molar-refractivity contribution in [2.75, 3.05) is 0 Å². The van der Waals surface area contributed by atoms with Crippen molar-refractivity contribution in [1.82, 2.24) is 0 Å². The summed E-state index contributed by atoms with van der Waals surface area (Å²) in [6.07, 6.45) is 6.87. The normalized spacial score (nSPS) is 22.4. The van der Waals surface area contributed by atoms with Gasteiger partial charge < -0.3 is 0 Å². The Morgan fingerprint density at radius 2 is 0.810 bits per heavy atom. The fourth-order valence-electron chi connectivity index (χ4n) is 2.81. The van der Waals surface area contributed by atoms with Crippen LogP contribution in [-0.4, -0.2) is 0 Å². The van der Waals surface area contributed by atoms with Crippen LogP contribution in [0.5, 0.6) is 0 Å². The summed E-state index contributed by atoms with van der Waals surface area (Å²) in [5.41, 5.74) is 8.79. The number of allylic oxidation sites excluding steroid dienone is 8. The average Bonchev–Trinajstić information content (AvgIpc) is 2.60. The maximum Gasteiger partial charge on any atom is 3.00 e. The van der Waals surface area contributed by atoms with Gasteiger partial charge in [-0.15, -0.1) is 13.8 Å². The molecular formula is C20H30Nd+. The minimum atomic E-state index is 0. The fraction of sp³-hybridized carbons (Fsp3) is 0.600. The van der Waals surface area contributed by atoms with Crippen molar-refractivity contribution in [1.29, 1.82) is 0 Å². The van der Waals surface area contributed by atoms with Gasteiger partial charge in [0.15, 0.2) is 0 Å². The van der Waals surface area contributed by atoms with E-state index in [-0.39, 0.29) is 51.7 Å². The summed E-state index contributed by atoms with van der Waals surface area (Å²) >= 11 is 0. The summed E-state index contributed by atoms with van der Waals surface area (Å²) in [6.45, 7) is 21.8. The van der Waals surface area contributed by atoms with E-state index in [0.717, 1.165) is 0 Å². The Morgan fingerprint density at radius 3 is 0.857 bits per heavy atom. The van der Waals surface area contributed by atoms with Gasteiger partial charge in [0.1, 0.15) is 0 Å². The van der Waals surface area contributed by atoms with Crippen LogP contribution < -0.4 is 0 Å². The first-order valence-electron chi connectivity index (χ1n) is 7.50. The summed E-state index contributed by atoms with van der Waals surface area (Å²) in [6, 6.07) is 0. The minimum Gasteiger partial charge on any atom is -0.263 e. The average molecular weight is 415 g/mol. The number of hydrogen-bond acceptors (Lipinski definition) is 0. The van der Waals surface area contributed by atoms with E-state index in [1.165, 1.54) is 33.4 Å². The molecule has 0 aromatic rings. The maximum absolute atomic E-state index is 3.44. The van der Waals surface area contributed by atoms with E-state index in [1.54, 1.807) is 0 Å². The van der Waals surface area contributed by atoms with Crippen LogP contribution in [0.4, 0.5) is 0 Å². The van der Waals surface area contributed by atoms with Crippen LogP contribution in [0.2, 0.25) is 0 Å². The third-order valence-electron chi connectivity index (χ3n) is 5.12. The second-order valence-electron chi connectivity index (χ2n) is 7.25. The van der Waals surface area contributed by atoms with Crippen molar-refractivity contribution in [2.24, 2.45) is 10.8 Å². The summed E-state index contributed by atoms with van der Waals surface area (Å²) in [5.74, 6) is 0. The third-order valence-corrected chi connectivity index (χ3v) is 5.12. The van der Waals surface area contributed by atoms with Crippen LogP contribution >= 0.6 is 0 Å². The van der Waals surface area contributed by atoms with Gasteiger partial charge in [-0.2, -0.15) is 22.3 Å². The van der Waals surface area contributed by atoms with Gasteiger partial charge in [-0.3, -0.25) is 12.2 Å². The van der Waals surface area contributed by atoms with Gasteiger partial charge in [0.05, 0.1) is 0 Å². The van der Waals surface area contributed by atoms with Gasteiger partial charge in [0, 0.05) is 0 Å². The predicted octanol–water partition coefficient (Wildman–Crippen LogP) is 6.22. The molecule has 0 atom stereocenters. The van der Waals surface area contributed by atoms with E-state index in [1.807, 2.05) is 0 Å². The molecule has 0 amide bonds. The van der Waals surface area contributed by atoms with E-state index >= 15 is 0 Å². The Balaban J connectivity index is 0.000000364. The predicted molar refractivity (Wildman–Crippen MR) is 89.2 cm³/mol. The number of rotatable bonds is 0. The Hall–Kier alpha value is 0.311. The molecule has 0 unspecified atom stereocenters. The first-order chi connectivity index (χ1) is 8.90. The Kier molecular flexibility index (Phi) is 7.36. The molecule has 0 fully saturated rings. The molecular weight excluding hydrogens is 384 g/mol. The Morgan fingerprint density at radius 1 is 0.571 bits per heavy atom. The van der Waals surface area contributed by atoms with Crippen LogP contribution in [0, 0.1) is 63.8 Å². The molecule has 1 radical (unpaired) electrons. The fourth-order valence-corrected chi connectivity index (χ4v) is 2.81. The zero-order chi connectivity index (χ0) is 15.9. The second-order valence-corrected chi connectivity index (χ2v) is 7.25. The summed E-state index contributed by atoms with van der Waals surface area (Å²) < 4.78 is 0. The van der Waals surface area contributed by atoms with Crippen molar-refractivity contribution < 1.29 is 40.8 Å². The molecule has 0 aliphatic heterocycles. The zero-order valence-corrected chi connectivity index (χ0v) is 18.7. The van der Waals surface area contributed by atoms with Crippen molar-refractivity contribution in [3.63, 3.8) is 0 Å². The molecule has 21 heavy (non-hydrogen) atoms. The van der Waals surface area contributed by atoms with Crippen molar-refractivity contribution >= 4 is 0 Å². The van der Waals surface area contributed by atoms with Gasteiger partial charge in [-0.25, -0.2) is 11.1 Å². The van der Waals surface area contributed by atoms with Crippen molar-refractivity contribution in [3.05, 3.63) is 45.6 Å². The second kappa shape index (κ2) is 7.25. The molecule has 0 saturated carbocycles. The molecule has 0 spiro atoms. The van der Waals surface area contributed by atoms with Crippen LogP contribution in [0.15, 0.2) is 33.4 Å². The monoisotopic (exact) mass is 412 g/mol. The van der Waals surface area contributed by atoms with E-state index in [9.17, 15) is 0 Å². The largest absolute Gasteiger partial charge is 3.00 e. The van der Waals surface area contributed by atoms with Crippen molar-refractivity contribution in [2.45, 2.75) is 69.2 Å². The molecule has 0 saturated heterocycles. The molecule has 2 rings (SSSR count). The first-order valence-corrected chi connectivity index (χ1v) is 7.50. The van der Waals surface area contributed by atoms with Crippen LogP contribution in [0.3, 0.4) is 0 Å². The van der Waals surface area contributed by atoms with Gasteiger partial charge in [-0.05, 0) is 0 Å². The molecule has 2 aliphatic rings.